The van der Waals surface area contributed by atoms with Crippen LogP contribution in [0, 0.1) is 18.3 Å². The Balaban J connectivity index is 2.03. The fourth-order valence-corrected chi connectivity index (χ4v) is 3.60. The van der Waals surface area contributed by atoms with Crippen LogP contribution in [-0.2, 0) is 0 Å². The Morgan fingerprint density at radius 1 is 1.13 bits per heavy atom. The molecule has 0 saturated carbocycles. The number of nitriles is 1. The molecular weight excluding hydrogens is 460 g/mol. The van der Waals surface area contributed by atoms with Gasteiger partial charge in [-0.15, -0.1) is 0 Å². The first-order valence-corrected chi connectivity index (χ1v) is 9.54. The van der Waals surface area contributed by atoms with Crippen LogP contribution < -0.4 is 0 Å². The third kappa shape index (κ3) is 4.62. The molecule has 0 aliphatic rings. The van der Waals surface area contributed by atoms with Gasteiger partial charge in [-0.2, -0.15) is 23.5 Å². The second-order valence-corrected chi connectivity index (χ2v) is 7.56. The first kappa shape index (κ1) is 22.2. The van der Waals surface area contributed by atoms with Gasteiger partial charge in [0.15, 0.2) is 0 Å². The van der Waals surface area contributed by atoms with Gasteiger partial charge in [0.05, 0.1) is 32.2 Å². The summed E-state index contributed by atoms with van der Waals surface area (Å²) in [5.74, 6) is -1.97. The zero-order chi connectivity index (χ0) is 22.1. The smallest absolute Gasteiger partial charge is 0.223 e. The third-order valence-electron chi connectivity index (χ3n) is 4.29. The highest BCUT2D eigenvalue weighted by Crippen LogP contribution is 2.41. The summed E-state index contributed by atoms with van der Waals surface area (Å²) in [6.07, 6.45) is 0.455. The summed E-state index contributed by atoms with van der Waals surface area (Å²) < 4.78 is 42.5. The number of benzene rings is 2. The number of alkyl halides is 3. The van der Waals surface area contributed by atoms with Crippen molar-refractivity contribution in [2.45, 2.75) is 19.0 Å². The molecule has 1 aromatic heterocycles. The lowest BCUT2D eigenvalue weighted by Gasteiger charge is -2.18. The van der Waals surface area contributed by atoms with E-state index >= 15 is 0 Å². The topological polar surface area (TPSA) is 54.5 Å². The highest BCUT2D eigenvalue weighted by molar-refractivity contribution is 6.48. The fourth-order valence-electron chi connectivity index (χ4n) is 2.99. The van der Waals surface area contributed by atoms with Crippen LogP contribution in [0.3, 0.4) is 0 Å². The number of allylic oxidation sites excluding steroid dienone is 1. The van der Waals surface area contributed by atoms with Crippen molar-refractivity contribution >= 4 is 40.9 Å². The fraction of sp³-hybridized carbons (Fsp3) is 0.150. The highest BCUT2D eigenvalue weighted by Gasteiger charge is 2.39. The lowest BCUT2D eigenvalue weighted by molar-refractivity contribution is -0.139. The Kier molecular flexibility index (Phi) is 6.41. The zero-order valence-electron chi connectivity index (χ0n) is 15.3. The maximum absolute atomic E-state index is 13.7. The summed E-state index contributed by atoms with van der Waals surface area (Å²) in [4.78, 5) is 3.85. The van der Waals surface area contributed by atoms with Crippen LogP contribution >= 0.6 is 34.8 Å². The van der Waals surface area contributed by atoms with Gasteiger partial charge >= 0.3 is 6.18 Å². The number of rotatable bonds is 4. The summed E-state index contributed by atoms with van der Waals surface area (Å²) in [7, 11) is 0. The minimum absolute atomic E-state index is 0.00928. The van der Waals surface area contributed by atoms with E-state index < -0.39 is 12.1 Å². The van der Waals surface area contributed by atoms with Crippen molar-refractivity contribution < 1.29 is 13.2 Å². The van der Waals surface area contributed by atoms with E-state index in [9.17, 15) is 18.4 Å². The lowest BCUT2D eigenvalue weighted by atomic mass is 9.96. The van der Waals surface area contributed by atoms with Gasteiger partial charge < -0.3 is 0 Å². The van der Waals surface area contributed by atoms with Gasteiger partial charge in [0.25, 0.3) is 0 Å². The van der Waals surface area contributed by atoms with Crippen LogP contribution in [0.4, 0.5) is 13.2 Å². The maximum Gasteiger partial charge on any atom is 0.399 e. The molecule has 30 heavy (non-hydrogen) atoms. The van der Waals surface area contributed by atoms with Crippen molar-refractivity contribution in [3.05, 3.63) is 80.3 Å². The van der Waals surface area contributed by atoms with Crippen molar-refractivity contribution in [3.8, 4) is 11.8 Å². The van der Waals surface area contributed by atoms with E-state index in [4.69, 9.17) is 34.8 Å². The van der Waals surface area contributed by atoms with E-state index in [1.807, 2.05) is 6.07 Å². The molecule has 0 saturated heterocycles. The molecule has 0 aliphatic heterocycles. The second-order valence-electron chi connectivity index (χ2n) is 6.36. The molecule has 1 heterocycles. The number of nitrogens with zero attached hydrogens (tertiary/aromatic N) is 4. The first-order chi connectivity index (χ1) is 14.1. The Bertz CT molecular complexity index is 1130. The minimum atomic E-state index is -4.59. The minimum Gasteiger partial charge on any atom is -0.223 e. The SMILES string of the molecule is Cc1cc(C=CC(c2cc(Cl)c(Cl)c(Cl)c2)C(F)(F)F)cc(C#N)c1-n1cncn1. The third-order valence-corrected chi connectivity index (χ3v) is 5.49. The second kappa shape index (κ2) is 8.68. The van der Waals surface area contributed by atoms with Crippen molar-refractivity contribution in [3.63, 3.8) is 0 Å². The molecule has 0 amide bonds. The molecule has 0 N–H and O–H groups in total. The van der Waals surface area contributed by atoms with Crippen molar-refractivity contribution in [1.82, 2.24) is 14.8 Å². The van der Waals surface area contributed by atoms with Crippen LogP contribution in [0.2, 0.25) is 15.1 Å². The quantitative estimate of drug-likeness (QED) is 0.395. The molecule has 1 unspecified atom stereocenters. The Hall–Kier alpha value is -2.53. The molecule has 1 atom stereocenters. The number of aryl methyl sites for hydroxylation is 1. The average molecular weight is 472 g/mol. The van der Waals surface area contributed by atoms with E-state index in [-0.39, 0.29) is 26.2 Å². The number of aromatic nitrogens is 3. The van der Waals surface area contributed by atoms with Gasteiger partial charge in [0.2, 0.25) is 0 Å². The van der Waals surface area contributed by atoms with Gasteiger partial charge in [-0.25, -0.2) is 9.67 Å². The Labute approximate surface area is 185 Å². The van der Waals surface area contributed by atoms with E-state index in [1.165, 1.54) is 29.5 Å². The zero-order valence-corrected chi connectivity index (χ0v) is 17.5. The first-order valence-electron chi connectivity index (χ1n) is 8.41. The normalized spacial score (nSPS) is 12.9. The van der Waals surface area contributed by atoms with Crippen LogP contribution in [0.5, 0.6) is 0 Å². The van der Waals surface area contributed by atoms with Crippen LogP contribution in [0.15, 0.2) is 43.0 Å². The molecule has 2 aromatic carbocycles. The van der Waals surface area contributed by atoms with Crippen molar-refractivity contribution in [1.29, 1.82) is 5.26 Å². The monoisotopic (exact) mass is 470 g/mol. The Morgan fingerprint density at radius 3 is 2.33 bits per heavy atom. The molecule has 10 heteroatoms. The molecule has 4 nitrogen and oxygen atoms in total. The molecule has 0 fully saturated rings. The number of hydrogen-bond donors (Lipinski definition) is 0. The molecule has 0 aliphatic carbocycles. The van der Waals surface area contributed by atoms with Gasteiger partial charge in [-0.1, -0.05) is 47.0 Å². The molecule has 154 valence electrons. The van der Waals surface area contributed by atoms with E-state index in [0.29, 0.717) is 16.8 Å². The van der Waals surface area contributed by atoms with E-state index in [1.54, 1.807) is 13.0 Å². The number of halogens is 6. The van der Waals surface area contributed by atoms with Crippen molar-refractivity contribution in [2.75, 3.05) is 0 Å². The molecule has 3 aromatic rings. The van der Waals surface area contributed by atoms with Crippen LogP contribution in [0.1, 0.15) is 28.2 Å². The molecule has 3 rings (SSSR count). The molecule has 0 bridgehead atoms. The van der Waals surface area contributed by atoms with E-state index in [0.717, 1.165) is 18.2 Å². The predicted molar refractivity (Wildman–Crippen MR) is 110 cm³/mol. The molecule has 0 radical (unpaired) electrons. The molecule has 0 spiro atoms. The highest BCUT2D eigenvalue weighted by atomic mass is 35.5. The van der Waals surface area contributed by atoms with Gasteiger partial charge in [0.1, 0.15) is 18.7 Å². The largest absolute Gasteiger partial charge is 0.399 e. The average Bonchev–Trinajstić information content (AvgIpc) is 3.18. The Morgan fingerprint density at radius 2 is 1.80 bits per heavy atom. The summed E-state index contributed by atoms with van der Waals surface area (Å²) in [5, 5.41) is 13.3. The molecular formula is C20H12Cl3F3N4. The standard InChI is InChI=1S/C20H12Cl3F3N4/c1-11-4-12(5-14(8-27)19(11)30-10-28-9-29-30)2-3-15(20(24,25)26)13-6-16(21)18(23)17(22)7-13/h2-7,9-10,15H,1H3. The summed E-state index contributed by atoms with van der Waals surface area (Å²) in [5.41, 5.74) is 1.69. The van der Waals surface area contributed by atoms with Crippen LogP contribution in [-0.4, -0.2) is 20.9 Å². The summed E-state index contributed by atoms with van der Waals surface area (Å²) in [6, 6.07) is 7.45. The van der Waals surface area contributed by atoms with Crippen molar-refractivity contribution in [2.24, 2.45) is 0 Å². The maximum atomic E-state index is 13.7. The lowest BCUT2D eigenvalue weighted by Crippen LogP contribution is -2.19. The predicted octanol–water partition coefficient (Wildman–Crippen LogP) is 6.77. The summed E-state index contributed by atoms with van der Waals surface area (Å²) >= 11 is 17.6. The van der Waals surface area contributed by atoms with Gasteiger partial charge in [-0.3, -0.25) is 0 Å². The van der Waals surface area contributed by atoms with Gasteiger partial charge in [-0.05, 0) is 47.9 Å². The van der Waals surface area contributed by atoms with Crippen LogP contribution in [0.25, 0.3) is 11.8 Å². The summed E-state index contributed by atoms with van der Waals surface area (Å²) in [6.45, 7) is 1.73. The van der Waals surface area contributed by atoms with Gasteiger partial charge in [0, 0.05) is 0 Å². The van der Waals surface area contributed by atoms with E-state index in [2.05, 4.69) is 10.1 Å². The number of hydrogen-bond acceptors (Lipinski definition) is 3.